The summed E-state index contributed by atoms with van der Waals surface area (Å²) in [6.07, 6.45) is 0. The molecule has 0 saturated carbocycles. The number of alkyl halides is 2. The van der Waals surface area contributed by atoms with Gasteiger partial charge in [-0.2, -0.15) is 0 Å². The summed E-state index contributed by atoms with van der Waals surface area (Å²) in [4.78, 5) is 0. The molecule has 0 aliphatic heterocycles. The molecule has 0 fully saturated rings. The Morgan fingerprint density at radius 2 is 1.40 bits per heavy atom. The van der Waals surface area contributed by atoms with Crippen LogP contribution in [-0.4, -0.2) is 5.34 Å². The lowest BCUT2D eigenvalue weighted by Crippen LogP contribution is -1.24. The summed E-state index contributed by atoms with van der Waals surface area (Å²) in [5, 5.41) is 0.194. The average molecular weight is 134 g/mol. The molecule has 0 amide bonds. The van der Waals surface area contributed by atoms with Crippen LogP contribution < -0.4 is 0 Å². The van der Waals surface area contributed by atoms with E-state index >= 15 is 0 Å². The molecule has 0 rings (SSSR count). The van der Waals surface area contributed by atoms with Gasteiger partial charge in [-0.05, 0) is 0 Å². The molecule has 0 aromatic carbocycles. The fourth-order valence-electron chi connectivity index (χ4n) is 0. The molecule has 34 valence electrons. The van der Waals surface area contributed by atoms with Crippen LogP contribution in [0.1, 0.15) is 0 Å². The van der Waals surface area contributed by atoms with Gasteiger partial charge in [0.2, 0.25) is 0 Å². The molecule has 0 aromatic rings. The van der Waals surface area contributed by atoms with E-state index in [-0.39, 0.29) is 5.34 Å². The number of nitrogens with one attached hydrogen (secondary N) is 1. The number of hydrogen-bond acceptors (Lipinski definition) is 1. The summed E-state index contributed by atoms with van der Waals surface area (Å²) >= 11 is 11.8. The zero-order valence-electron chi connectivity index (χ0n) is 2.46. The first-order valence-corrected chi connectivity index (χ1v) is 2.35. The van der Waals surface area contributed by atoms with Gasteiger partial charge >= 0.3 is 0 Å². The van der Waals surface area contributed by atoms with Crippen molar-refractivity contribution in [2.75, 3.05) is 5.34 Å². The maximum atomic E-state index is 5.56. The van der Waals surface area contributed by atoms with Crippen molar-refractivity contribution < 1.29 is 0 Å². The first kappa shape index (κ1) is 9.21. The Morgan fingerprint density at radius 1 is 1.40 bits per heavy atom. The highest BCUT2D eigenvalue weighted by molar-refractivity contribution is 7.45. The Balaban J connectivity index is 0. The quantitative estimate of drug-likeness (QED) is 0.481. The van der Waals surface area contributed by atoms with Crippen LogP contribution in [0.25, 0.3) is 0 Å². The second-order valence-electron chi connectivity index (χ2n) is 0.101. The molecule has 0 aromatic heterocycles. The van der Waals surface area contributed by atoms with E-state index in [4.69, 9.17) is 28.0 Å². The van der Waals surface area contributed by atoms with E-state index in [0.29, 0.717) is 0 Å². The Labute approximate surface area is 46.2 Å². The van der Waals surface area contributed by atoms with Crippen LogP contribution in [0.2, 0.25) is 0 Å². The second kappa shape index (κ2) is 22.0. The van der Waals surface area contributed by atoms with E-state index in [0.717, 1.165) is 0 Å². The van der Waals surface area contributed by atoms with E-state index in [1.54, 1.807) is 0 Å². The van der Waals surface area contributed by atoms with Gasteiger partial charge in [-0.25, -0.2) is 0 Å². The van der Waals surface area contributed by atoms with Crippen molar-refractivity contribution in [3.05, 3.63) is 0 Å². The fraction of sp³-hybridized carbons (Fsp3) is 1.00. The molecule has 0 bridgehead atoms. The van der Waals surface area contributed by atoms with Crippen LogP contribution in [0.4, 0.5) is 0 Å². The monoisotopic (exact) mass is 133 g/mol. The highest BCUT2D eigenvalue weighted by atomic mass is 35.5. The molecule has 0 atom stereocenters. The van der Waals surface area contributed by atoms with Crippen molar-refractivity contribution >= 4 is 35.6 Å². The van der Waals surface area contributed by atoms with Crippen molar-refractivity contribution in [1.82, 2.24) is 0 Å². The molecular formula is CH5Cl2NS. The summed E-state index contributed by atoms with van der Waals surface area (Å²) in [5.74, 6) is 0. The summed E-state index contributed by atoms with van der Waals surface area (Å²) in [6, 6.07) is 0. The molecule has 0 radical (unpaired) electrons. The third kappa shape index (κ3) is 66.2. The zero-order chi connectivity index (χ0) is 4.71. The minimum Gasteiger partial charge on any atom is -0.286 e. The molecule has 0 heterocycles. The van der Waals surface area contributed by atoms with E-state index in [1.165, 1.54) is 0 Å². The van der Waals surface area contributed by atoms with Crippen molar-refractivity contribution in [2.24, 2.45) is 0 Å². The van der Waals surface area contributed by atoms with E-state index in [1.807, 2.05) is 0 Å². The number of hydrogen-bond donors (Lipinski definition) is 1. The Kier molecular flexibility index (Phi) is 40.5. The third-order valence-electron chi connectivity index (χ3n) is 0. The normalized spacial score (nSPS) is 4.60. The van der Waals surface area contributed by atoms with Gasteiger partial charge in [-0.15, -0.1) is 35.6 Å². The van der Waals surface area contributed by atoms with Crippen LogP contribution in [0.5, 0.6) is 0 Å². The smallest absolute Gasteiger partial charge is 0.0967 e. The lowest BCUT2D eigenvalue weighted by atomic mass is 11.9. The van der Waals surface area contributed by atoms with Crippen molar-refractivity contribution in [2.45, 2.75) is 0 Å². The van der Waals surface area contributed by atoms with E-state index in [2.05, 4.69) is 12.4 Å². The lowest BCUT2D eigenvalue weighted by Gasteiger charge is -1.42. The van der Waals surface area contributed by atoms with Crippen LogP contribution in [0, 0.1) is 4.78 Å². The van der Waals surface area contributed by atoms with Crippen LogP contribution in [0.15, 0.2) is 0 Å². The minimum absolute atomic E-state index is 0.194. The van der Waals surface area contributed by atoms with Gasteiger partial charge in [0, 0.05) is 0 Å². The number of rotatable bonds is 0. The molecule has 1 nitrogen and oxygen atoms in total. The highest BCUT2D eigenvalue weighted by Gasteiger charge is 1.41. The van der Waals surface area contributed by atoms with Gasteiger partial charge in [-0.1, -0.05) is 0 Å². The predicted octanol–water partition coefficient (Wildman–Crippen LogP) is 1.18. The first-order chi connectivity index (χ1) is 2.41. The average Bonchev–Trinajstić information content (AvgIpc) is 1.46. The second-order valence-corrected chi connectivity index (χ2v) is 0.909. The third-order valence-corrected chi connectivity index (χ3v) is 0. The summed E-state index contributed by atoms with van der Waals surface area (Å²) < 4.78 is 5.56. The molecule has 1 N–H and O–H groups in total. The Morgan fingerprint density at radius 3 is 1.40 bits per heavy atom. The maximum Gasteiger partial charge on any atom is 0.0967 e. The molecule has 0 unspecified atom stereocenters. The van der Waals surface area contributed by atoms with Gasteiger partial charge < -0.3 is 0 Å². The van der Waals surface area contributed by atoms with Crippen LogP contribution in [0.3, 0.4) is 0 Å². The minimum atomic E-state index is 0.194. The summed E-state index contributed by atoms with van der Waals surface area (Å²) in [7, 11) is 0. The maximum absolute atomic E-state index is 5.56. The SMILES string of the molecule is ClCCl.N=[SH2]. The van der Waals surface area contributed by atoms with Gasteiger partial charge in [0.15, 0.2) is 0 Å². The standard InChI is InChI=1S/CH2Cl2.H3NS/c2-1-3;1-2/h1H2;1H,2H2. The largest absolute Gasteiger partial charge is 0.286 e. The van der Waals surface area contributed by atoms with Crippen molar-refractivity contribution in [3.8, 4) is 0 Å². The molecule has 4 heteroatoms. The highest BCUT2D eigenvalue weighted by Crippen LogP contribution is 1.73. The summed E-state index contributed by atoms with van der Waals surface area (Å²) in [5.41, 5.74) is 0. The molecule has 0 aliphatic rings. The lowest BCUT2D eigenvalue weighted by molar-refractivity contribution is 1.67. The number of halogens is 2. The molecule has 0 aliphatic carbocycles. The van der Waals surface area contributed by atoms with Gasteiger partial charge in [-0.3, -0.25) is 4.78 Å². The molecule has 5 heavy (non-hydrogen) atoms. The van der Waals surface area contributed by atoms with E-state index in [9.17, 15) is 0 Å². The zero-order valence-corrected chi connectivity index (χ0v) is 4.97. The fourth-order valence-corrected chi connectivity index (χ4v) is 0. The Hall–Kier alpha value is 0.730. The summed E-state index contributed by atoms with van der Waals surface area (Å²) in [6.45, 7) is 0. The van der Waals surface area contributed by atoms with Gasteiger partial charge in [0.1, 0.15) is 0 Å². The van der Waals surface area contributed by atoms with Crippen LogP contribution >= 0.6 is 23.2 Å². The first-order valence-electron chi connectivity index (χ1n) is 0.785. The topological polar surface area (TPSA) is 23.9 Å². The molecule has 0 saturated heterocycles. The predicted molar refractivity (Wildman–Crippen MR) is 29.4 cm³/mol. The van der Waals surface area contributed by atoms with Crippen molar-refractivity contribution in [3.63, 3.8) is 0 Å². The molecular weight excluding hydrogens is 129 g/mol. The van der Waals surface area contributed by atoms with Crippen LogP contribution in [-0.2, 0) is 12.4 Å². The van der Waals surface area contributed by atoms with Crippen molar-refractivity contribution in [1.29, 1.82) is 4.78 Å². The van der Waals surface area contributed by atoms with E-state index < -0.39 is 0 Å². The molecule has 0 spiro atoms. The van der Waals surface area contributed by atoms with Gasteiger partial charge in [0.25, 0.3) is 0 Å². The Bertz CT molecular complexity index is 13.6. The van der Waals surface area contributed by atoms with Gasteiger partial charge in [0.05, 0.1) is 5.34 Å².